The Morgan fingerprint density at radius 2 is 2.13 bits per heavy atom. The van der Waals surface area contributed by atoms with Crippen molar-refractivity contribution in [3.63, 3.8) is 0 Å². The van der Waals surface area contributed by atoms with Gasteiger partial charge in [0.25, 0.3) is 0 Å². The van der Waals surface area contributed by atoms with Gasteiger partial charge in [-0.15, -0.1) is 0 Å². The fraction of sp³-hybridized carbons (Fsp3) is 0.111. The molecular weight excluding hydrogens is 193 g/mol. The van der Waals surface area contributed by atoms with E-state index in [0.717, 1.165) is 11.3 Å². The number of pyridine rings is 1. The van der Waals surface area contributed by atoms with E-state index < -0.39 is 7.12 Å². The Kier molecular flexibility index (Phi) is 2.53. The SMILES string of the molecule is Cc1c(B(O)O)cncc1-n1cccn1. The number of aromatic nitrogens is 3. The van der Waals surface area contributed by atoms with Crippen LogP contribution in [-0.4, -0.2) is 31.9 Å². The van der Waals surface area contributed by atoms with Crippen molar-refractivity contribution in [3.05, 3.63) is 36.4 Å². The summed E-state index contributed by atoms with van der Waals surface area (Å²) in [6.45, 7) is 1.80. The molecule has 0 aliphatic rings. The first-order chi connectivity index (χ1) is 7.20. The molecule has 0 radical (unpaired) electrons. The van der Waals surface area contributed by atoms with Crippen molar-refractivity contribution in [2.75, 3.05) is 0 Å². The van der Waals surface area contributed by atoms with Crippen molar-refractivity contribution in [1.29, 1.82) is 0 Å². The molecule has 0 unspecified atom stereocenters. The molecular formula is C9H10BN3O2. The van der Waals surface area contributed by atoms with E-state index in [2.05, 4.69) is 10.1 Å². The minimum atomic E-state index is -1.51. The first kappa shape index (κ1) is 9.88. The van der Waals surface area contributed by atoms with Gasteiger partial charge < -0.3 is 10.0 Å². The van der Waals surface area contributed by atoms with Crippen LogP contribution < -0.4 is 5.46 Å². The van der Waals surface area contributed by atoms with Crippen molar-refractivity contribution in [1.82, 2.24) is 14.8 Å². The normalized spacial score (nSPS) is 10.3. The summed E-state index contributed by atoms with van der Waals surface area (Å²) in [5.41, 5.74) is 1.89. The van der Waals surface area contributed by atoms with Crippen molar-refractivity contribution >= 4 is 12.6 Å². The molecule has 2 aromatic rings. The predicted molar refractivity (Wildman–Crippen MR) is 55.9 cm³/mol. The molecule has 0 bridgehead atoms. The summed E-state index contributed by atoms with van der Waals surface area (Å²) in [7, 11) is -1.51. The second-order valence-corrected chi connectivity index (χ2v) is 3.20. The van der Waals surface area contributed by atoms with Crippen LogP contribution in [0.3, 0.4) is 0 Å². The second kappa shape index (κ2) is 3.84. The van der Waals surface area contributed by atoms with Crippen LogP contribution in [0.1, 0.15) is 5.56 Å². The van der Waals surface area contributed by atoms with Gasteiger partial charge in [0.1, 0.15) is 0 Å². The highest BCUT2D eigenvalue weighted by atomic mass is 16.4. The van der Waals surface area contributed by atoms with Crippen LogP contribution in [0, 0.1) is 6.92 Å². The highest BCUT2D eigenvalue weighted by Crippen LogP contribution is 2.08. The lowest BCUT2D eigenvalue weighted by Crippen LogP contribution is -2.33. The second-order valence-electron chi connectivity index (χ2n) is 3.20. The van der Waals surface area contributed by atoms with Gasteiger partial charge in [-0.1, -0.05) is 0 Å². The summed E-state index contributed by atoms with van der Waals surface area (Å²) in [6.07, 6.45) is 6.50. The zero-order chi connectivity index (χ0) is 10.8. The van der Waals surface area contributed by atoms with Gasteiger partial charge in [0, 0.05) is 24.1 Å². The lowest BCUT2D eigenvalue weighted by molar-refractivity contribution is 0.425. The van der Waals surface area contributed by atoms with Gasteiger partial charge in [-0.25, -0.2) is 4.68 Å². The minimum Gasteiger partial charge on any atom is -0.423 e. The molecule has 0 saturated carbocycles. The van der Waals surface area contributed by atoms with Gasteiger partial charge >= 0.3 is 7.12 Å². The van der Waals surface area contributed by atoms with Crippen molar-refractivity contribution in [2.45, 2.75) is 6.92 Å². The van der Waals surface area contributed by atoms with E-state index in [1.165, 1.54) is 6.20 Å². The first-order valence-electron chi connectivity index (χ1n) is 4.51. The van der Waals surface area contributed by atoms with Gasteiger partial charge in [-0.2, -0.15) is 5.10 Å². The molecule has 0 fully saturated rings. The monoisotopic (exact) mass is 203 g/mol. The van der Waals surface area contributed by atoms with Crippen LogP contribution >= 0.6 is 0 Å². The van der Waals surface area contributed by atoms with Crippen LogP contribution in [-0.2, 0) is 0 Å². The van der Waals surface area contributed by atoms with Crippen molar-refractivity contribution in [2.24, 2.45) is 0 Å². The predicted octanol–water partition coefficient (Wildman–Crippen LogP) is -0.744. The fourth-order valence-corrected chi connectivity index (χ4v) is 1.43. The van der Waals surface area contributed by atoms with E-state index in [1.54, 1.807) is 36.3 Å². The maximum atomic E-state index is 9.11. The van der Waals surface area contributed by atoms with Crippen LogP contribution in [0.2, 0.25) is 0 Å². The zero-order valence-corrected chi connectivity index (χ0v) is 8.20. The molecule has 0 aromatic carbocycles. The summed E-state index contributed by atoms with van der Waals surface area (Å²) >= 11 is 0. The third-order valence-corrected chi connectivity index (χ3v) is 2.26. The molecule has 0 spiro atoms. The number of hydrogen-bond donors (Lipinski definition) is 2. The summed E-state index contributed by atoms with van der Waals surface area (Å²) < 4.78 is 1.63. The smallest absolute Gasteiger partial charge is 0.423 e. The molecule has 6 heteroatoms. The molecule has 2 N–H and O–H groups in total. The largest absolute Gasteiger partial charge is 0.490 e. The molecule has 0 atom stereocenters. The maximum absolute atomic E-state index is 9.11. The fourth-order valence-electron chi connectivity index (χ4n) is 1.43. The molecule has 2 aromatic heterocycles. The minimum absolute atomic E-state index is 0.392. The lowest BCUT2D eigenvalue weighted by Gasteiger charge is -2.09. The van der Waals surface area contributed by atoms with Crippen molar-refractivity contribution < 1.29 is 10.0 Å². The number of hydrogen-bond acceptors (Lipinski definition) is 4. The van der Waals surface area contributed by atoms with Crippen molar-refractivity contribution in [3.8, 4) is 5.69 Å². The van der Waals surface area contributed by atoms with E-state index >= 15 is 0 Å². The standard InChI is InChI=1S/C9H10BN3O2/c1-7-8(10(14)15)5-11-6-9(7)13-4-2-3-12-13/h2-6,14-15H,1H3. The average Bonchev–Trinajstić information content (AvgIpc) is 2.70. The Balaban J connectivity index is 2.54. The van der Waals surface area contributed by atoms with Crippen LogP contribution in [0.15, 0.2) is 30.9 Å². The van der Waals surface area contributed by atoms with Gasteiger partial charge in [0.2, 0.25) is 0 Å². The van der Waals surface area contributed by atoms with E-state index in [1.807, 2.05) is 0 Å². The van der Waals surface area contributed by atoms with Gasteiger partial charge in [0.05, 0.1) is 11.9 Å². The van der Waals surface area contributed by atoms with Crippen LogP contribution in [0.5, 0.6) is 0 Å². The van der Waals surface area contributed by atoms with E-state index in [-0.39, 0.29) is 0 Å². The zero-order valence-electron chi connectivity index (χ0n) is 8.20. The molecule has 0 aliphatic heterocycles. The first-order valence-corrected chi connectivity index (χ1v) is 4.51. The van der Waals surface area contributed by atoms with E-state index in [0.29, 0.717) is 5.46 Å². The molecule has 5 nitrogen and oxygen atoms in total. The molecule has 0 aliphatic carbocycles. The quantitative estimate of drug-likeness (QED) is 0.630. The average molecular weight is 203 g/mol. The summed E-state index contributed by atoms with van der Waals surface area (Å²) in [6, 6.07) is 1.79. The number of nitrogens with zero attached hydrogens (tertiary/aromatic N) is 3. The highest BCUT2D eigenvalue weighted by molar-refractivity contribution is 6.59. The van der Waals surface area contributed by atoms with Crippen LogP contribution in [0.25, 0.3) is 5.69 Å². The maximum Gasteiger partial charge on any atom is 0.490 e. The van der Waals surface area contributed by atoms with E-state index in [4.69, 9.17) is 10.0 Å². The molecule has 0 amide bonds. The summed E-state index contributed by atoms with van der Waals surface area (Å²) in [5.74, 6) is 0. The third-order valence-electron chi connectivity index (χ3n) is 2.26. The van der Waals surface area contributed by atoms with Gasteiger partial charge in [-0.05, 0) is 18.6 Å². The lowest BCUT2D eigenvalue weighted by atomic mass is 9.78. The van der Waals surface area contributed by atoms with Gasteiger partial charge in [0.15, 0.2) is 0 Å². The number of rotatable bonds is 2. The molecule has 2 heterocycles. The Labute approximate surface area is 87.2 Å². The Morgan fingerprint density at radius 3 is 2.73 bits per heavy atom. The summed E-state index contributed by atoms with van der Waals surface area (Å²) in [4.78, 5) is 3.94. The molecule has 76 valence electrons. The Hall–Kier alpha value is -1.66. The van der Waals surface area contributed by atoms with E-state index in [9.17, 15) is 0 Å². The third kappa shape index (κ3) is 1.77. The molecule has 0 saturated heterocycles. The molecule has 15 heavy (non-hydrogen) atoms. The highest BCUT2D eigenvalue weighted by Gasteiger charge is 2.17. The van der Waals surface area contributed by atoms with Crippen LogP contribution in [0.4, 0.5) is 0 Å². The van der Waals surface area contributed by atoms with Gasteiger partial charge in [-0.3, -0.25) is 4.98 Å². The Morgan fingerprint density at radius 1 is 1.33 bits per heavy atom. The Bertz CT molecular complexity index is 456. The molecule has 2 rings (SSSR count). The summed E-state index contributed by atoms with van der Waals surface area (Å²) in [5, 5.41) is 22.3. The topological polar surface area (TPSA) is 71.2 Å².